The molecule has 0 saturated carbocycles. The molecular formula is C18H26N2O. The first-order valence-electron chi connectivity index (χ1n) is 7.67. The van der Waals surface area contributed by atoms with Crippen molar-refractivity contribution in [2.45, 2.75) is 40.3 Å². The third-order valence-corrected chi connectivity index (χ3v) is 3.58. The number of hydrogen-bond acceptors (Lipinski definition) is 3. The molecular weight excluding hydrogens is 260 g/mol. The zero-order valence-electron chi connectivity index (χ0n) is 13.6. The summed E-state index contributed by atoms with van der Waals surface area (Å²) in [6.45, 7) is 9.06. The minimum absolute atomic E-state index is 0.789. The molecule has 1 heterocycles. The first kappa shape index (κ1) is 15.6. The number of rotatable bonds is 7. The Bertz CT molecular complexity index is 574. The van der Waals surface area contributed by atoms with Crippen LogP contribution in [-0.4, -0.2) is 13.6 Å². The SMILES string of the molecule is CCCNCc1cc(C)ccc1N(C)Cc1ccc(C)o1. The van der Waals surface area contributed by atoms with Crippen LogP contribution in [-0.2, 0) is 13.1 Å². The first-order chi connectivity index (χ1) is 10.1. The van der Waals surface area contributed by atoms with Gasteiger partial charge in [0.1, 0.15) is 11.5 Å². The first-order valence-corrected chi connectivity index (χ1v) is 7.67. The molecule has 0 atom stereocenters. The van der Waals surface area contributed by atoms with Crippen LogP contribution in [0.1, 0.15) is 36.0 Å². The maximum absolute atomic E-state index is 5.68. The lowest BCUT2D eigenvalue weighted by Crippen LogP contribution is -2.21. The van der Waals surface area contributed by atoms with E-state index in [0.717, 1.165) is 37.6 Å². The van der Waals surface area contributed by atoms with E-state index in [2.05, 4.69) is 55.4 Å². The average Bonchev–Trinajstić information content (AvgIpc) is 2.84. The van der Waals surface area contributed by atoms with Crippen LogP contribution < -0.4 is 10.2 Å². The van der Waals surface area contributed by atoms with Crippen LogP contribution in [0.5, 0.6) is 0 Å². The Morgan fingerprint density at radius 3 is 2.62 bits per heavy atom. The molecule has 0 unspecified atom stereocenters. The van der Waals surface area contributed by atoms with Crippen molar-refractivity contribution < 1.29 is 4.42 Å². The van der Waals surface area contributed by atoms with Gasteiger partial charge in [-0.05, 0) is 50.6 Å². The molecule has 0 amide bonds. The Labute approximate surface area is 128 Å². The molecule has 0 saturated heterocycles. The van der Waals surface area contributed by atoms with Gasteiger partial charge in [-0.15, -0.1) is 0 Å². The van der Waals surface area contributed by atoms with E-state index in [9.17, 15) is 0 Å². The van der Waals surface area contributed by atoms with E-state index in [-0.39, 0.29) is 0 Å². The molecule has 0 aliphatic heterocycles. The molecule has 3 nitrogen and oxygen atoms in total. The summed E-state index contributed by atoms with van der Waals surface area (Å²) < 4.78 is 5.68. The predicted octanol–water partition coefficient (Wildman–Crippen LogP) is 4.03. The summed E-state index contributed by atoms with van der Waals surface area (Å²) in [6, 6.07) is 10.7. The van der Waals surface area contributed by atoms with Gasteiger partial charge < -0.3 is 14.6 Å². The second kappa shape index (κ2) is 7.32. The zero-order valence-corrected chi connectivity index (χ0v) is 13.6. The molecule has 1 aromatic carbocycles. The highest BCUT2D eigenvalue weighted by molar-refractivity contribution is 5.54. The highest BCUT2D eigenvalue weighted by Crippen LogP contribution is 2.23. The lowest BCUT2D eigenvalue weighted by molar-refractivity contribution is 0.481. The van der Waals surface area contributed by atoms with Gasteiger partial charge in [0.05, 0.1) is 6.54 Å². The van der Waals surface area contributed by atoms with Gasteiger partial charge in [-0.1, -0.05) is 24.6 Å². The molecule has 1 aromatic heterocycles. The molecule has 21 heavy (non-hydrogen) atoms. The van der Waals surface area contributed by atoms with E-state index in [1.165, 1.54) is 16.8 Å². The molecule has 0 bridgehead atoms. The number of furan rings is 1. The van der Waals surface area contributed by atoms with Crippen LogP contribution >= 0.6 is 0 Å². The van der Waals surface area contributed by atoms with Gasteiger partial charge in [-0.2, -0.15) is 0 Å². The minimum Gasteiger partial charge on any atom is -0.464 e. The van der Waals surface area contributed by atoms with E-state index < -0.39 is 0 Å². The fraction of sp³-hybridized carbons (Fsp3) is 0.444. The second-order valence-electron chi connectivity index (χ2n) is 5.68. The molecule has 2 rings (SSSR count). The van der Waals surface area contributed by atoms with Crippen molar-refractivity contribution >= 4 is 5.69 Å². The highest BCUT2D eigenvalue weighted by Gasteiger charge is 2.10. The topological polar surface area (TPSA) is 28.4 Å². The van der Waals surface area contributed by atoms with Crippen LogP contribution in [0.3, 0.4) is 0 Å². The van der Waals surface area contributed by atoms with Gasteiger partial charge >= 0.3 is 0 Å². The van der Waals surface area contributed by atoms with Gasteiger partial charge in [0.2, 0.25) is 0 Å². The van der Waals surface area contributed by atoms with Crippen molar-refractivity contribution in [3.63, 3.8) is 0 Å². The quantitative estimate of drug-likeness (QED) is 0.779. The normalized spacial score (nSPS) is 10.9. The number of nitrogens with zero attached hydrogens (tertiary/aromatic N) is 1. The molecule has 1 N–H and O–H groups in total. The summed E-state index contributed by atoms with van der Waals surface area (Å²) in [5, 5.41) is 3.49. The zero-order chi connectivity index (χ0) is 15.2. The molecule has 114 valence electrons. The van der Waals surface area contributed by atoms with Crippen molar-refractivity contribution in [2.24, 2.45) is 0 Å². The molecule has 0 aliphatic rings. The van der Waals surface area contributed by atoms with E-state index in [1.54, 1.807) is 0 Å². The maximum atomic E-state index is 5.68. The Balaban J connectivity index is 2.12. The number of anilines is 1. The maximum Gasteiger partial charge on any atom is 0.123 e. The summed E-state index contributed by atoms with van der Waals surface area (Å²) in [5.74, 6) is 1.97. The summed E-state index contributed by atoms with van der Waals surface area (Å²) in [7, 11) is 2.12. The standard InChI is InChI=1S/C18H26N2O/c1-5-10-19-12-16-11-14(2)6-9-18(16)20(4)13-17-8-7-15(3)21-17/h6-9,11,19H,5,10,12-13H2,1-4H3. The van der Waals surface area contributed by atoms with Crippen LogP contribution in [0, 0.1) is 13.8 Å². The van der Waals surface area contributed by atoms with Crippen LogP contribution in [0.25, 0.3) is 0 Å². The number of nitrogens with one attached hydrogen (secondary N) is 1. The smallest absolute Gasteiger partial charge is 0.123 e. The van der Waals surface area contributed by atoms with Gasteiger partial charge in [0.15, 0.2) is 0 Å². The van der Waals surface area contributed by atoms with E-state index in [4.69, 9.17) is 4.42 Å². The Kier molecular flexibility index (Phi) is 5.45. The monoisotopic (exact) mass is 286 g/mol. The minimum atomic E-state index is 0.789. The number of benzene rings is 1. The van der Waals surface area contributed by atoms with Gasteiger partial charge in [0, 0.05) is 19.3 Å². The molecule has 3 heteroatoms. The molecule has 0 aliphatic carbocycles. The molecule has 2 aromatic rings. The van der Waals surface area contributed by atoms with E-state index in [1.807, 2.05) is 13.0 Å². The lowest BCUT2D eigenvalue weighted by Gasteiger charge is -2.22. The number of hydrogen-bond donors (Lipinski definition) is 1. The Morgan fingerprint density at radius 2 is 1.95 bits per heavy atom. The predicted molar refractivity (Wildman–Crippen MR) is 88.7 cm³/mol. The van der Waals surface area contributed by atoms with Crippen molar-refractivity contribution in [3.8, 4) is 0 Å². The van der Waals surface area contributed by atoms with Crippen molar-refractivity contribution in [3.05, 3.63) is 53.0 Å². The Morgan fingerprint density at radius 1 is 1.14 bits per heavy atom. The third-order valence-electron chi connectivity index (χ3n) is 3.58. The van der Waals surface area contributed by atoms with Gasteiger partial charge in [-0.3, -0.25) is 0 Å². The van der Waals surface area contributed by atoms with Crippen molar-refractivity contribution in [1.82, 2.24) is 5.32 Å². The largest absolute Gasteiger partial charge is 0.464 e. The van der Waals surface area contributed by atoms with E-state index >= 15 is 0 Å². The fourth-order valence-corrected chi connectivity index (χ4v) is 2.52. The molecule has 0 radical (unpaired) electrons. The van der Waals surface area contributed by atoms with E-state index in [0.29, 0.717) is 0 Å². The van der Waals surface area contributed by atoms with Gasteiger partial charge in [0.25, 0.3) is 0 Å². The van der Waals surface area contributed by atoms with Crippen LogP contribution in [0.2, 0.25) is 0 Å². The Hall–Kier alpha value is -1.74. The molecule has 0 spiro atoms. The van der Waals surface area contributed by atoms with Crippen LogP contribution in [0.15, 0.2) is 34.7 Å². The van der Waals surface area contributed by atoms with Gasteiger partial charge in [-0.25, -0.2) is 0 Å². The summed E-state index contributed by atoms with van der Waals surface area (Å²) in [4.78, 5) is 2.25. The summed E-state index contributed by atoms with van der Waals surface area (Å²) in [5.41, 5.74) is 3.90. The molecule has 0 fully saturated rings. The second-order valence-corrected chi connectivity index (χ2v) is 5.68. The third kappa shape index (κ3) is 4.36. The van der Waals surface area contributed by atoms with Crippen molar-refractivity contribution in [1.29, 1.82) is 0 Å². The average molecular weight is 286 g/mol. The van der Waals surface area contributed by atoms with Crippen molar-refractivity contribution in [2.75, 3.05) is 18.5 Å². The summed E-state index contributed by atoms with van der Waals surface area (Å²) >= 11 is 0. The number of aryl methyl sites for hydroxylation is 2. The van der Waals surface area contributed by atoms with Crippen LogP contribution in [0.4, 0.5) is 5.69 Å². The highest BCUT2D eigenvalue weighted by atomic mass is 16.3. The lowest BCUT2D eigenvalue weighted by atomic mass is 10.1. The fourth-order valence-electron chi connectivity index (χ4n) is 2.52. The summed E-state index contributed by atoms with van der Waals surface area (Å²) in [6.07, 6.45) is 1.16.